The molecule has 4 heteroatoms. The molecule has 0 aliphatic heterocycles. The van der Waals surface area contributed by atoms with Gasteiger partial charge in [-0.15, -0.1) is 0 Å². The smallest absolute Gasteiger partial charge is 0.0741 e. The molecule has 88 valence electrons. The van der Waals surface area contributed by atoms with Gasteiger partial charge in [0.25, 0.3) is 0 Å². The summed E-state index contributed by atoms with van der Waals surface area (Å²) in [5, 5.41) is 13.3. The van der Waals surface area contributed by atoms with Crippen LogP contribution in [0.15, 0.2) is 18.5 Å². The average molecular weight is 221 g/mol. The van der Waals surface area contributed by atoms with Crippen LogP contribution in [-0.4, -0.2) is 22.2 Å². The molecule has 1 aliphatic rings. The second-order valence-electron chi connectivity index (χ2n) is 4.46. The van der Waals surface area contributed by atoms with E-state index in [9.17, 15) is 5.11 Å². The summed E-state index contributed by atoms with van der Waals surface area (Å²) >= 11 is 0. The largest absolute Gasteiger partial charge is 0.397 e. The maximum absolute atomic E-state index is 9.97. The third kappa shape index (κ3) is 2.85. The lowest BCUT2D eigenvalue weighted by molar-refractivity contribution is 0.144. The molecule has 1 heterocycles. The van der Waals surface area contributed by atoms with Gasteiger partial charge >= 0.3 is 0 Å². The average Bonchev–Trinajstić information content (AvgIpc) is 2.45. The zero-order valence-corrected chi connectivity index (χ0v) is 9.39. The van der Waals surface area contributed by atoms with Gasteiger partial charge in [0.2, 0.25) is 0 Å². The Labute approximate surface area is 95.9 Å². The second-order valence-corrected chi connectivity index (χ2v) is 4.46. The Morgan fingerprint density at radius 1 is 1.25 bits per heavy atom. The number of nitrogen functional groups attached to an aromatic ring is 1. The first-order chi connectivity index (χ1) is 7.75. The Kier molecular flexibility index (Phi) is 3.62. The molecular weight excluding hydrogens is 202 g/mol. The predicted molar refractivity (Wildman–Crippen MR) is 65.2 cm³/mol. The number of nitrogens with zero attached hydrogens (tertiary/aromatic N) is 1. The molecule has 4 N–H and O–H groups in total. The third-order valence-corrected chi connectivity index (χ3v) is 3.09. The van der Waals surface area contributed by atoms with Crippen LogP contribution in [0, 0.1) is 0 Å². The van der Waals surface area contributed by atoms with Crippen molar-refractivity contribution in [2.24, 2.45) is 0 Å². The Morgan fingerprint density at radius 2 is 2.06 bits per heavy atom. The van der Waals surface area contributed by atoms with Crippen LogP contribution in [-0.2, 0) is 0 Å². The van der Waals surface area contributed by atoms with E-state index in [4.69, 9.17) is 5.73 Å². The van der Waals surface area contributed by atoms with E-state index in [1.54, 1.807) is 12.4 Å². The van der Waals surface area contributed by atoms with Gasteiger partial charge in [-0.25, -0.2) is 0 Å². The van der Waals surface area contributed by atoms with Crippen molar-refractivity contribution in [3.8, 4) is 0 Å². The Balaban J connectivity index is 2.02. The molecule has 1 fully saturated rings. The van der Waals surface area contributed by atoms with Gasteiger partial charge in [-0.1, -0.05) is 19.3 Å². The van der Waals surface area contributed by atoms with Gasteiger partial charge in [-0.2, -0.15) is 0 Å². The molecule has 16 heavy (non-hydrogen) atoms. The van der Waals surface area contributed by atoms with Crippen molar-refractivity contribution >= 4 is 11.4 Å². The highest BCUT2D eigenvalue weighted by atomic mass is 16.3. The molecule has 0 radical (unpaired) electrons. The standard InChI is InChI=1S/C12H19N3O/c13-9-6-10(8-14-7-9)15-11-4-2-1-3-5-12(11)16/h6-8,11-12,15-16H,1-5,13H2. The van der Waals surface area contributed by atoms with Gasteiger partial charge in [0.15, 0.2) is 0 Å². The van der Waals surface area contributed by atoms with Gasteiger partial charge < -0.3 is 16.2 Å². The molecule has 0 aromatic carbocycles. The maximum Gasteiger partial charge on any atom is 0.0741 e. The number of nitrogens with two attached hydrogens (primary N) is 1. The summed E-state index contributed by atoms with van der Waals surface area (Å²) < 4.78 is 0. The highest BCUT2D eigenvalue weighted by molar-refractivity contribution is 5.51. The summed E-state index contributed by atoms with van der Waals surface area (Å²) in [6, 6.07) is 1.98. The molecule has 2 unspecified atom stereocenters. The van der Waals surface area contributed by atoms with E-state index in [2.05, 4.69) is 10.3 Å². The number of rotatable bonds is 2. The van der Waals surface area contributed by atoms with Crippen molar-refractivity contribution in [3.63, 3.8) is 0 Å². The quantitative estimate of drug-likeness (QED) is 0.666. The molecule has 0 bridgehead atoms. The molecule has 2 rings (SSSR count). The summed E-state index contributed by atoms with van der Waals surface area (Å²) in [4.78, 5) is 4.03. The number of aromatic nitrogens is 1. The lowest BCUT2D eigenvalue weighted by Gasteiger charge is -2.22. The molecular formula is C12H19N3O. The van der Waals surface area contributed by atoms with E-state index in [0.29, 0.717) is 5.69 Å². The zero-order chi connectivity index (χ0) is 11.4. The van der Waals surface area contributed by atoms with Gasteiger partial charge in [0.1, 0.15) is 0 Å². The van der Waals surface area contributed by atoms with Crippen LogP contribution >= 0.6 is 0 Å². The SMILES string of the molecule is Nc1cncc(NC2CCCCCC2O)c1. The first-order valence-corrected chi connectivity index (χ1v) is 5.91. The second kappa shape index (κ2) is 5.16. The number of pyridine rings is 1. The van der Waals surface area contributed by atoms with E-state index >= 15 is 0 Å². The van der Waals surface area contributed by atoms with Crippen molar-refractivity contribution in [1.29, 1.82) is 0 Å². The van der Waals surface area contributed by atoms with E-state index in [0.717, 1.165) is 24.9 Å². The monoisotopic (exact) mass is 221 g/mol. The molecule has 1 aliphatic carbocycles. The number of hydrogen-bond acceptors (Lipinski definition) is 4. The lowest BCUT2D eigenvalue weighted by Crippen LogP contribution is -2.32. The molecule has 2 atom stereocenters. The van der Waals surface area contributed by atoms with Crippen LogP contribution in [0.1, 0.15) is 32.1 Å². The van der Waals surface area contributed by atoms with Gasteiger partial charge in [0, 0.05) is 6.20 Å². The minimum atomic E-state index is -0.260. The number of anilines is 2. The van der Waals surface area contributed by atoms with Crippen molar-refractivity contribution < 1.29 is 5.11 Å². The Hall–Kier alpha value is -1.29. The molecule has 1 saturated carbocycles. The highest BCUT2D eigenvalue weighted by Gasteiger charge is 2.21. The molecule has 1 aromatic rings. The molecule has 0 amide bonds. The van der Waals surface area contributed by atoms with Crippen molar-refractivity contribution in [2.45, 2.75) is 44.2 Å². The first kappa shape index (κ1) is 11.2. The van der Waals surface area contributed by atoms with E-state index < -0.39 is 0 Å². The van der Waals surface area contributed by atoms with Crippen molar-refractivity contribution in [3.05, 3.63) is 18.5 Å². The molecule has 4 nitrogen and oxygen atoms in total. The van der Waals surface area contributed by atoms with Gasteiger partial charge in [-0.05, 0) is 18.9 Å². The van der Waals surface area contributed by atoms with Crippen LogP contribution in [0.25, 0.3) is 0 Å². The summed E-state index contributed by atoms with van der Waals surface area (Å²) in [6.07, 6.45) is 8.50. The number of aliphatic hydroxyl groups excluding tert-OH is 1. The minimum absolute atomic E-state index is 0.131. The summed E-state index contributed by atoms with van der Waals surface area (Å²) in [6.45, 7) is 0. The summed E-state index contributed by atoms with van der Waals surface area (Å²) in [5.74, 6) is 0. The predicted octanol–water partition coefficient (Wildman–Crippen LogP) is 1.77. The van der Waals surface area contributed by atoms with Crippen molar-refractivity contribution in [2.75, 3.05) is 11.1 Å². The van der Waals surface area contributed by atoms with Gasteiger partial charge in [-0.3, -0.25) is 4.98 Å². The third-order valence-electron chi connectivity index (χ3n) is 3.09. The first-order valence-electron chi connectivity index (χ1n) is 5.91. The van der Waals surface area contributed by atoms with E-state index in [1.165, 1.54) is 12.8 Å². The molecule has 0 saturated heterocycles. The zero-order valence-electron chi connectivity index (χ0n) is 9.39. The van der Waals surface area contributed by atoms with Crippen LogP contribution < -0.4 is 11.1 Å². The lowest BCUT2D eigenvalue weighted by atomic mass is 10.1. The number of aliphatic hydroxyl groups is 1. The summed E-state index contributed by atoms with van der Waals surface area (Å²) in [5.41, 5.74) is 7.21. The normalized spacial score (nSPS) is 26.1. The molecule has 1 aromatic heterocycles. The summed E-state index contributed by atoms with van der Waals surface area (Å²) in [7, 11) is 0. The Bertz CT molecular complexity index is 343. The highest BCUT2D eigenvalue weighted by Crippen LogP contribution is 2.22. The van der Waals surface area contributed by atoms with Crippen LogP contribution in [0.5, 0.6) is 0 Å². The fourth-order valence-electron chi connectivity index (χ4n) is 2.21. The van der Waals surface area contributed by atoms with Crippen molar-refractivity contribution in [1.82, 2.24) is 4.98 Å². The maximum atomic E-state index is 9.97. The minimum Gasteiger partial charge on any atom is -0.397 e. The van der Waals surface area contributed by atoms with Crippen LogP contribution in [0.4, 0.5) is 11.4 Å². The van der Waals surface area contributed by atoms with E-state index in [1.807, 2.05) is 6.07 Å². The fraction of sp³-hybridized carbons (Fsp3) is 0.583. The fourth-order valence-corrected chi connectivity index (χ4v) is 2.21. The number of hydrogen-bond donors (Lipinski definition) is 3. The van der Waals surface area contributed by atoms with Gasteiger partial charge in [0.05, 0.1) is 29.7 Å². The van der Waals surface area contributed by atoms with Crippen LogP contribution in [0.3, 0.4) is 0 Å². The number of nitrogens with one attached hydrogen (secondary N) is 1. The van der Waals surface area contributed by atoms with E-state index in [-0.39, 0.29) is 12.1 Å². The Morgan fingerprint density at radius 3 is 2.88 bits per heavy atom. The molecule has 0 spiro atoms. The van der Waals surface area contributed by atoms with Crippen LogP contribution in [0.2, 0.25) is 0 Å². The topological polar surface area (TPSA) is 71.2 Å².